The van der Waals surface area contributed by atoms with E-state index in [9.17, 15) is 0 Å². The van der Waals surface area contributed by atoms with Gasteiger partial charge in [0, 0.05) is 6.20 Å². The van der Waals surface area contributed by atoms with Gasteiger partial charge in [-0.25, -0.2) is 4.98 Å². The maximum Gasteiger partial charge on any atom is 0.146 e. The van der Waals surface area contributed by atoms with E-state index in [-0.39, 0.29) is 0 Å². The summed E-state index contributed by atoms with van der Waals surface area (Å²) in [6, 6.07) is 3.86. The van der Waals surface area contributed by atoms with Crippen molar-refractivity contribution >= 4 is 11.6 Å². The van der Waals surface area contributed by atoms with Gasteiger partial charge in [0.1, 0.15) is 11.2 Å². The van der Waals surface area contributed by atoms with E-state index < -0.39 is 0 Å². The lowest BCUT2D eigenvalue weighted by Crippen LogP contribution is -1.87. The Bertz CT molecular complexity index is 350. The van der Waals surface area contributed by atoms with Gasteiger partial charge in [-0.1, -0.05) is 11.6 Å². The van der Waals surface area contributed by atoms with Crippen LogP contribution in [0.4, 0.5) is 0 Å². The third kappa shape index (κ3) is 1.28. The highest BCUT2D eigenvalue weighted by atomic mass is 35.5. The number of rotatable bonds is 1. The fraction of sp³-hybridized carbons (Fsp3) is 0.333. The molecule has 0 saturated heterocycles. The Kier molecular flexibility index (Phi) is 1.74. The van der Waals surface area contributed by atoms with E-state index in [4.69, 9.17) is 16.9 Å². The molecule has 0 spiro atoms. The topological polar surface area (TPSA) is 36.7 Å². The first-order chi connectivity index (χ1) is 5.81. The summed E-state index contributed by atoms with van der Waals surface area (Å²) >= 11 is 5.69. The van der Waals surface area contributed by atoms with Crippen molar-refractivity contribution in [3.8, 4) is 6.07 Å². The normalized spacial score (nSPS) is 15.7. The molecule has 0 aromatic carbocycles. The highest BCUT2D eigenvalue weighted by molar-refractivity contribution is 6.30. The summed E-state index contributed by atoms with van der Waals surface area (Å²) in [7, 11) is 0. The predicted molar refractivity (Wildman–Crippen MR) is 45.9 cm³/mol. The number of halogens is 1. The van der Waals surface area contributed by atoms with Gasteiger partial charge >= 0.3 is 0 Å². The van der Waals surface area contributed by atoms with E-state index in [1.165, 1.54) is 12.8 Å². The highest BCUT2D eigenvalue weighted by Gasteiger charge is 2.24. The zero-order valence-electron chi connectivity index (χ0n) is 6.42. The fourth-order valence-electron chi connectivity index (χ4n) is 1.18. The maximum atomic E-state index is 8.67. The molecule has 1 aliphatic carbocycles. The Morgan fingerprint density at radius 1 is 1.58 bits per heavy atom. The van der Waals surface area contributed by atoms with Crippen molar-refractivity contribution < 1.29 is 0 Å². The first-order valence-electron chi connectivity index (χ1n) is 3.87. The van der Waals surface area contributed by atoms with E-state index in [0.29, 0.717) is 16.6 Å². The zero-order chi connectivity index (χ0) is 8.55. The maximum absolute atomic E-state index is 8.67. The van der Waals surface area contributed by atoms with Gasteiger partial charge in [-0.15, -0.1) is 0 Å². The quantitative estimate of drug-likeness (QED) is 0.620. The summed E-state index contributed by atoms with van der Waals surface area (Å²) in [5.41, 5.74) is 1.64. The SMILES string of the molecule is N#Cc1cc(C2CC2)cnc1Cl. The molecule has 2 nitrogen and oxygen atoms in total. The minimum Gasteiger partial charge on any atom is -0.243 e. The molecule has 0 N–H and O–H groups in total. The van der Waals surface area contributed by atoms with Crippen LogP contribution in [0, 0.1) is 11.3 Å². The van der Waals surface area contributed by atoms with E-state index in [1.807, 2.05) is 12.1 Å². The van der Waals surface area contributed by atoms with Crippen LogP contribution in [0.2, 0.25) is 5.15 Å². The van der Waals surface area contributed by atoms with Gasteiger partial charge in [0.05, 0.1) is 5.56 Å². The molecule has 0 bridgehead atoms. The zero-order valence-corrected chi connectivity index (χ0v) is 7.17. The van der Waals surface area contributed by atoms with Gasteiger partial charge in [-0.3, -0.25) is 0 Å². The minimum absolute atomic E-state index is 0.307. The molecule has 0 aliphatic heterocycles. The second-order valence-corrected chi connectivity index (χ2v) is 3.35. The van der Waals surface area contributed by atoms with Gasteiger partial charge in [0.25, 0.3) is 0 Å². The van der Waals surface area contributed by atoms with Crippen molar-refractivity contribution in [2.75, 3.05) is 0 Å². The van der Waals surface area contributed by atoms with Crippen LogP contribution in [0.3, 0.4) is 0 Å². The lowest BCUT2D eigenvalue weighted by molar-refractivity contribution is 1.09. The van der Waals surface area contributed by atoms with E-state index in [0.717, 1.165) is 5.56 Å². The number of aromatic nitrogens is 1. The Morgan fingerprint density at radius 3 is 2.92 bits per heavy atom. The monoisotopic (exact) mass is 178 g/mol. The Hall–Kier alpha value is -1.07. The molecule has 2 rings (SSSR count). The molecule has 0 atom stereocenters. The molecule has 1 saturated carbocycles. The fourth-order valence-corrected chi connectivity index (χ4v) is 1.33. The summed E-state index contributed by atoms with van der Waals surface area (Å²) in [4.78, 5) is 3.95. The van der Waals surface area contributed by atoms with E-state index >= 15 is 0 Å². The van der Waals surface area contributed by atoms with Crippen LogP contribution >= 0.6 is 11.6 Å². The largest absolute Gasteiger partial charge is 0.243 e. The highest BCUT2D eigenvalue weighted by Crippen LogP contribution is 2.40. The Labute approximate surface area is 75.8 Å². The summed E-state index contributed by atoms with van der Waals surface area (Å²) in [6.45, 7) is 0. The van der Waals surface area contributed by atoms with Crippen molar-refractivity contribution in [3.63, 3.8) is 0 Å². The molecule has 1 fully saturated rings. The Morgan fingerprint density at radius 2 is 2.33 bits per heavy atom. The second-order valence-electron chi connectivity index (χ2n) is 2.99. The number of nitriles is 1. The van der Waals surface area contributed by atoms with Crippen LogP contribution < -0.4 is 0 Å². The summed E-state index contributed by atoms with van der Waals surface area (Å²) in [5, 5.41) is 8.98. The molecular weight excluding hydrogens is 172 g/mol. The molecule has 1 aromatic rings. The van der Waals surface area contributed by atoms with E-state index in [1.54, 1.807) is 6.20 Å². The van der Waals surface area contributed by atoms with Crippen molar-refractivity contribution in [2.24, 2.45) is 0 Å². The van der Waals surface area contributed by atoms with Crippen LogP contribution in [-0.4, -0.2) is 4.98 Å². The first-order valence-corrected chi connectivity index (χ1v) is 4.24. The van der Waals surface area contributed by atoms with Gasteiger partial charge in [-0.2, -0.15) is 5.26 Å². The number of hydrogen-bond acceptors (Lipinski definition) is 2. The van der Waals surface area contributed by atoms with Crippen LogP contribution in [0.25, 0.3) is 0 Å². The van der Waals surface area contributed by atoms with Crippen molar-refractivity contribution in [1.29, 1.82) is 5.26 Å². The summed E-state index contributed by atoms with van der Waals surface area (Å²) < 4.78 is 0. The number of hydrogen-bond donors (Lipinski definition) is 0. The van der Waals surface area contributed by atoms with Gasteiger partial charge in [-0.05, 0) is 30.4 Å². The smallest absolute Gasteiger partial charge is 0.146 e. The van der Waals surface area contributed by atoms with Crippen molar-refractivity contribution in [1.82, 2.24) is 4.98 Å². The average molecular weight is 179 g/mol. The van der Waals surface area contributed by atoms with Crippen LogP contribution in [0.5, 0.6) is 0 Å². The average Bonchev–Trinajstić information content (AvgIpc) is 2.88. The molecule has 3 heteroatoms. The molecule has 0 unspecified atom stereocenters. The lowest BCUT2D eigenvalue weighted by atomic mass is 10.1. The Balaban J connectivity index is 2.42. The summed E-state index contributed by atoms with van der Waals surface area (Å²) in [5.74, 6) is 0.627. The van der Waals surface area contributed by atoms with Gasteiger partial charge in [0.15, 0.2) is 0 Å². The molecule has 0 radical (unpaired) electrons. The third-order valence-corrected chi connectivity index (χ3v) is 2.33. The molecular formula is C9H7ClN2. The third-order valence-electron chi connectivity index (χ3n) is 2.03. The predicted octanol–water partition coefficient (Wildman–Crippen LogP) is 2.48. The molecule has 0 amide bonds. The van der Waals surface area contributed by atoms with E-state index in [2.05, 4.69) is 4.98 Å². The van der Waals surface area contributed by atoms with Crippen molar-refractivity contribution in [3.05, 3.63) is 28.5 Å². The van der Waals surface area contributed by atoms with Crippen molar-refractivity contribution in [2.45, 2.75) is 18.8 Å². The van der Waals surface area contributed by atoms with Gasteiger partial charge in [0.2, 0.25) is 0 Å². The number of nitrogens with zero attached hydrogens (tertiary/aromatic N) is 2. The van der Waals surface area contributed by atoms with Crippen LogP contribution in [0.1, 0.15) is 29.9 Å². The van der Waals surface area contributed by atoms with Gasteiger partial charge < -0.3 is 0 Å². The summed E-state index contributed by atoms with van der Waals surface area (Å²) in [6.07, 6.45) is 4.20. The lowest BCUT2D eigenvalue weighted by Gasteiger charge is -1.98. The standard InChI is InChI=1S/C9H7ClN2/c10-9-7(4-11)3-8(5-12-9)6-1-2-6/h3,5-6H,1-2H2. The first kappa shape index (κ1) is 7.57. The molecule has 1 aliphatic rings. The minimum atomic E-state index is 0.307. The molecule has 1 heterocycles. The van der Waals surface area contributed by atoms with Crippen LogP contribution in [0.15, 0.2) is 12.3 Å². The molecule has 12 heavy (non-hydrogen) atoms. The molecule has 60 valence electrons. The van der Waals surface area contributed by atoms with Crippen LogP contribution in [-0.2, 0) is 0 Å². The number of pyridine rings is 1. The second kappa shape index (κ2) is 2.76. The molecule has 1 aromatic heterocycles.